The van der Waals surface area contributed by atoms with Gasteiger partial charge in [-0.15, -0.1) is 0 Å². The molecule has 7 nitrogen and oxygen atoms in total. The van der Waals surface area contributed by atoms with E-state index in [1.54, 1.807) is 4.90 Å². The molecule has 2 amide bonds. The molecule has 2 aliphatic carbocycles. The second kappa shape index (κ2) is 9.31. The third-order valence-electron chi connectivity index (χ3n) is 8.43. The highest BCUT2D eigenvalue weighted by Crippen LogP contribution is 2.45. The van der Waals surface area contributed by atoms with Crippen molar-refractivity contribution in [3.8, 4) is 11.8 Å². The fourth-order valence-electron chi connectivity index (χ4n) is 6.61. The average Bonchev–Trinajstić information content (AvgIpc) is 3.40. The second-order valence-corrected chi connectivity index (χ2v) is 11.1. The van der Waals surface area contributed by atoms with Gasteiger partial charge in [0, 0.05) is 30.4 Å². The third kappa shape index (κ3) is 4.56. The van der Waals surface area contributed by atoms with E-state index in [-0.39, 0.29) is 23.3 Å². The van der Waals surface area contributed by atoms with E-state index in [4.69, 9.17) is 4.74 Å². The Morgan fingerprint density at radius 2 is 2.09 bits per heavy atom. The van der Waals surface area contributed by atoms with E-state index in [0.717, 1.165) is 62.2 Å². The summed E-state index contributed by atoms with van der Waals surface area (Å²) in [4.78, 5) is 29.7. The van der Waals surface area contributed by atoms with Crippen molar-refractivity contribution < 1.29 is 14.3 Å². The number of hydrogen-bond donors (Lipinski definition) is 1. The molecule has 1 aromatic carbocycles. The summed E-state index contributed by atoms with van der Waals surface area (Å²) < 4.78 is 6.53. The number of carbonyl (C=O) groups is 2. The summed E-state index contributed by atoms with van der Waals surface area (Å²) in [5.41, 5.74) is 2.17. The summed E-state index contributed by atoms with van der Waals surface area (Å²) in [7, 11) is 0. The Balaban J connectivity index is 1.23. The Morgan fingerprint density at radius 3 is 2.80 bits per heavy atom. The fraction of sp³-hybridized carbons (Fsp3) is 0.607. The molecule has 2 saturated carbocycles. The van der Waals surface area contributed by atoms with Crippen LogP contribution in [0.2, 0.25) is 0 Å². The van der Waals surface area contributed by atoms with Crippen LogP contribution in [-0.4, -0.2) is 52.9 Å². The van der Waals surface area contributed by atoms with Crippen molar-refractivity contribution in [3.05, 3.63) is 41.6 Å². The van der Waals surface area contributed by atoms with Crippen LogP contribution < -0.4 is 10.1 Å². The van der Waals surface area contributed by atoms with Gasteiger partial charge in [-0.1, -0.05) is 13.5 Å². The summed E-state index contributed by atoms with van der Waals surface area (Å²) >= 11 is 0. The van der Waals surface area contributed by atoms with E-state index < -0.39 is 6.04 Å². The number of likely N-dealkylation sites (N-methyl/N-ethyl adjacent to an activating group) is 1. The topological polar surface area (TPSA) is 85.7 Å². The smallest absolute Gasteiger partial charge is 0.255 e. The number of piperidine rings is 1. The average molecular weight is 477 g/mol. The monoisotopic (exact) mass is 476 g/mol. The van der Waals surface area contributed by atoms with Gasteiger partial charge in [-0.3, -0.25) is 14.5 Å². The first kappa shape index (κ1) is 23.9. The lowest BCUT2D eigenvalue weighted by Gasteiger charge is -2.44. The molecule has 2 heterocycles. The van der Waals surface area contributed by atoms with Gasteiger partial charge in [0.05, 0.1) is 11.5 Å². The lowest BCUT2D eigenvalue weighted by Crippen LogP contribution is -2.49. The Bertz CT molecular complexity index is 1070. The van der Waals surface area contributed by atoms with Gasteiger partial charge in [0.25, 0.3) is 5.91 Å². The van der Waals surface area contributed by atoms with E-state index >= 15 is 0 Å². The molecule has 2 aliphatic heterocycles. The van der Waals surface area contributed by atoms with Gasteiger partial charge in [-0.05, 0) is 88.1 Å². The quantitative estimate of drug-likeness (QED) is 0.643. The number of allylic oxidation sites excluding steroid dienone is 1. The van der Waals surface area contributed by atoms with Gasteiger partial charge in [0.2, 0.25) is 5.91 Å². The zero-order valence-corrected chi connectivity index (χ0v) is 20.9. The Kier molecular flexibility index (Phi) is 6.35. The summed E-state index contributed by atoms with van der Waals surface area (Å²) in [5, 5.41) is 12.1. The lowest BCUT2D eigenvalue weighted by atomic mass is 9.64. The molecule has 1 unspecified atom stereocenters. The Labute approximate surface area is 208 Å². The number of fused-ring (bicyclic) bond motifs is 1. The third-order valence-corrected chi connectivity index (χ3v) is 8.43. The first-order valence-corrected chi connectivity index (χ1v) is 13.0. The number of nitriles is 1. The number of rotatable bonds is 7. The van der Waals surface area contributed by atoms with Gasteiger partial charge in [0.15, 0.2) is 0 Å². The van der Waals surface area contributed by atoms with Crippen molar-refractivity contribution in [1.82, 2.24) is 15.1 Å². The van der Waals surface area contributed by atoms with Crippen LogP contribution in [0.15, 0.2) is 30.5 Å². The standard InChI is InChI=1S/C28H36N4O3/c1-4-31(15-19-13-28(3,14-19)17-29)23-6-5-7-25(23)35-21-9-10-22-20(12-21)16-32(27(22)34)24-11-8-18(2)30-26(24)33/h9-10,12,19,23-25H,2,4-8,11,13-16H2,1,3H3,(H,30,33)/t19?,23-,24?,25-,28?/m0/s1. The van der Waals surface area contributed by atoms with Crippen LogP contribution in [0.3, 0.4) is 0 Å². The highest BCUT2D eigenvalue weighted by Gasteiger charge is 2.43. The predicted molar refractivity (Wildman–Crippen MR) is 132 cm³/mol. The number of nitrogens with zero attached hydrogens (tertiary/aromatic N) is 3. The van der Waals surface area contributed by atoms with Crippen LogP contribution in [0.4, 0.5) is 0 Å². The maximum absolute atomic E-state index is 13.0. The summed E-state index contributed by atoms with van der Waals surface area (Å²) in [5.74, 6) is 1.16. The highest BCUT2D eigenvalue weighted by atomic mass is 16.5. The van der Waals surface area contributed by atoms with E-state index in [1.807, 2.05) is 18.2 Å². The molecular formula is C28H36N4O3. The van der Waals surface area contributed by atoms with Crippen molar-refractivity contribution in [2.75, 3.05) is 13.1 Å². The molecule has 1 N–H and O–H groups in total. The van der Waals surface area contributed by atoms with Gasteiger partial charge in [-0.2, -0.15) is 5.26 Å². The summed E-state index contributed by atoms with van der Waals surface area (Å²) in [6.07, 6.45) is 6.69. The minimum atomic E-state index is -0.448. The van der Waals surface area contributed by atoms with Crippen LogP contribution in [0.1, 0.15) is 74.7 Å². The van der Waals surface area contributed by atoms with E-state index in [1.165, 1.54) is 0 Å². The first-order valence-electron chi connectivity index (χ1n) is 13.0. The van der Waals surface area contributed by atoms with Crippen molar-refractivity contribution in [1.29, 1.82) is 5.26 Å². The SMILES string of the molecule is C=C1CCC(N2Cc3cc(O[C@H]4CCC[C@@H]4N(CC)CC4CC(C)(C#N)C4)ccc3C2=O)C(=O)N1. The van der Waals surface area contributed by atoms with Gasteiger partial charge < -0.3 is 15.0 Å². The number of benzene rings is 1. The lowest BCUT2D eigenvalue weighted by molar-refractivity contribution is -0.126. The van der Waals surface area contributed by atoms with Crippen LogP contribution in [0.5, 0.6) is 5.75 Å². The zero-order valence-electron chi connectivity index (χ0n) is 20.9. The molecule has 186 valence electrons. The molecule has 4 aliphatic rings. The Morgan fingerprint density at radius 1 is 1.29 bits per heavy atom. The molecular weight excluding hydrogens is 440 g/mol. The number of hydrogen-bond acceptors (Lipinski definition) is 5. The largest absolute Gasteiger partial charge is 0.489 e. The van der Waals surface area contributed by atoms with E-state index in [9.17, 15) is 14.9 Å². The molecule has 35 heavy (non-hydrogen) atoms. The van der Waals surface area contributed by atoms with Crippen molar-refractivity contribution in [2.45, 2.75) is 83.5 Å². The minimum Gasteiger partial charge on any atom is -0.489 e. The fourth-order valence-corrected chi connectivity index (χ4v) is 6.61. The van der Waals surface area contributed by atoms with Crippen molar-refractivity contribution >= 4 is 11.8 Å². The van der Waals surface area contributed by atoms with Crippen molar-refractivity contribution in [2.24, 2.45) is 11.3 Å². The normalized spacial score (nSPS) is 32.3. The molecule has 0 spiro atoms. The van der Waals surface area contributed by atoms with Gasteiger partial charge in [0.1, 0.15) is 17.9 Å². The maximum Gasteiger partial charge on any atom is 0.255 e. The number of ether oxygens (including phenoxy) is 1. The Hall–Kier alpha value is -2.85. The highest BCUT2D eigenvalue weighted by molar-refractivity contribution is 6.01. The summed E-state index contributed by atoms with van der Waals surface area (Å²) in [6.45, 7) is 10.6. The minimum absolute atomic E-state index is 0.0834. The number of amides is 2. The van der Waals surface area contributed by atoms with Crippen LogP contribution >= 0.6 is 0 Å². The van der Waals surface area contributed by atoms with E-state index in [0.29, 0.717) is 36.9 Å². The van der Waals surface area contributed by atoms with Crippen LogP contribution in [-0.2, 0) is 11.3 Å². The molecule has 0 bridgehead atoms. The predicted octanol–water partition coefficient (Wildman–Crippen LogP) is 4.00. The number of nitrogens with one attached hydrogen (secondary N) is 1. The molecule has 5 rings (SSSR count). The van der Waals surface area contributed by atoms with Crippen LogP contribution in [0, 0.1) is 22.7 Å². The molecule has 0 aromatic heterocycles. The van der Waals surface area contributed by atoms with E-state index in [2.05, 4.69) is 36.7 Å². The zero-order chi connectivity index (χ0) is 24.7. The molecule has 1 saturated heterocycles. The van der Waals surface area contributed by atoms with Crippen LogP contribution in [0.25, 0.3) is 0 Å². The van der Waals surface area contributed by atoms with Gasteiger partial charge >= 0.3 is 0 Å². The van der Waals surface area contributed by atoms with Crippen molar-refractivity contribution in [3.63, 3.8) is 0 Å². The molecule has 3 atom stereocenters. The molecule has 1 aromatic rings. The van der Waals surface area contributed by atoms with Gasteiger partial charge in [-0.25, -0.2) is 0 Å². The maximum atomic E-state index is 13.0. The number of carbonyl (C=O) groups excluding carboxylic acids is 2. The molecule has 7 heteroatoms. The molecule has 3 fully saturated rings. The second-order valence-electron chi connectivity index (χ2n) is 11.1. The first-order chi connectivity index (χ1) is 16.8. The molecule has 0 radical (unpaired) electrons. The summed E-state index contributed by atoms with van der Waals surface area (Å²) in [6, 6.07) is 8.14.